The molecule has 0 aliphatic carbocycles. The van der Waals surface area contributed by atoms with E-state index in [9.17, 15) is 5.11 Å². The molecule has 2 aromatic heterocycles. The summed E-state index contributed by atoms with van der Waals surface area (Å²) in [5, 5.41) is 13.1. The Kier molecular flexibility index (Phi) is 8.37. The van der Waals surface area contributed by atoms with E-state index in [0.29, 0.717) is 11.8 Å². The Morgan fingerprint density at radius 1 is 1.28 bits per heavy atom. The van der Waals surface area contributed by atoms with Crippen LogP contribution in [0.1, 0.15) is 30.9 Å². The molecule has 172 valence electrons. The summed E-state index contributed by atoms with van der Waals surface area (Å²) in [5.74, 6) is 2.69. The molecule has 1 aromatic carbocycles. The van der Waals surface area contributed by atoms with Crippen LogP contribution in [0.2, 0.25) is 0 Å². The average molecular weight is 473 g/mol. The largest absolute Gasteiger partial charge is 0.497 e. The normalized spacial score (nSPS) is 20.5. The number of thioether (sulfide) groups is 1. The SMILES string of the molecule is COc1ccc2nccc(C(N)CC[C@@H]3CCN(CCSc4nccs4)C[C@@H]3CO)c2c1. The Morgan fingerprint density at radius 3 is 2.97 bits per heavy atom. The van der Waals surface area contributed by atoms with E-state index >= 15 is 0 Å². The number of likely N-dealkylation sites (tertiary alicyclic amines) is 1. The van der Waals surface area contributed by atoms with Crippen molar-refractivity contribution < 1.29 is 9.84 Å². The lowest BCUT2D eigenvalue weighted by atomic mass is 9.81. The van der Waals surface area contributed by atoms with Crippen LogP contribution in [0.15, 0.2) is 46.4 Å². The zero-order valence-corrected chi connectivity index (χ0v) is 20.2. The van der Waals surface area contributed by atoms with Crippen LogP contribution in [-0.4, -0.2) is 59.1 Å². The number of ether oxygens (including phenoxy) is 1. The minimum Gasteiger partial charge on any atom is -0.497 e. The number of nitrogens with two attached hydrogens (primary N) is 1. The third-order valence-electron chi connectivity index (χ3n) is 6.48. The first kappa shape index (κ1) is 23.4. The second-order valence-electron chi connectivity index (χ2n) is 8.41. The van der Waals surface area contributed by atoms with Crippen molar-refractivity contribution in [1.29, 1.82) is 0 Å². The Labute approximate surface area is 198 Å². The van der Waals surface area contributed by atoms with E-state index in [0.717, 1.165) is 71.2 Å². The molecule has 1 aliphatic rings. The van der Waals surface area contributed by atoms with Gasteiger partial charge < -0.3 is 20.5 Å². The summed E-state index contributed by atoms with van der Waals surface area (Å²) in [6.45, 7) is 3.33. The van der Waals surface area contributed by atoms with Gasteiger partial charge in [-0.3, -0.25) is 4.98 Å². The van der Waals surface area contributed by atoms with Crippen molar-refractivity contribution in [3.63, 3.8) is 0 Å². The molecule has 3 heterocycles. The molecule has 0 saturated carbocycles. The number of aliphatic hydroxyl groups is 1. The molecular formula is C24H32N4O2S2. The van der Waals surface area contributed by atoms with E-state index in [1.165, 1.54) is 0 Å². The van der Waals surface area contributed by atoms with Gasteiger partial charge in [0.25, 0.3) is 0 Å². The van der Waals surface area contributed by atoms with E-state index in [2.05, 4.69) is 14.9 Å². The first-order chi connectivity index (χ1) is 15.7. The van der Waals surface area contributed by atoms with Crippen molar-refractivity contribution in [3.8, 4) is 5.75 Å². The van der Waals surface area contributed by atoms with Crippen molar-refractivity contribution in [2.75, 3.05) is 39.1 Å². The molecule has 3 atom stereocenters. The smallest absolute Gasteiger partial charge is 0.149 e. The Morgan fingerprint density at radius 2 is 2.19 bits per heavy atom. The molecule has 0 spiro atoms. The number of rotatable bonds is 10. The van der Waals surface area contributed by atoms with Gasteiger partial charge in [0.05, 0.1) is 12.6 Å². The molecule has 1 fully saturated rings. The number of piperidine rings is 1. The van der Waals surface area contributed by atoms with Gasteiger partial charge in [-0.2, -0.15) is 0 Å². The summed E-state index contributed by atoms with van der Waals surface area (Å²) in [6.07, 6.45) is 6.74. The predicted molar refractivity (Wildman–Crippen MR) is 132 cm³/mol. The van der Waals surface area contributed by atoms with Gasteiger partial charge in [0.15, 0.2) is 0 Å². The maximum atomic E-state index is 10.0. The minimum absolute atomic E-state index is 0.0559. The molecule has 0 radical (unpaired) electrons. The lowest BCUT2D eigenvalue weighted by molar-refractivity contribution is 0.0701. The zero-order valence-electron chi connectivity index (χ0n) is 18.5. The first-order valence-corrected chi connectivity index (χ1v) is 13.1. The van der Waals surface area contributed by atoms with Crippen molar-refractivity contribution in [1.82, 2.24) is 14.9 Å². The topological polar surface area (TPSA) is 84.5 Å². The quantitative estimate of drug-likeness (QED) is 0.428. The predicted octanol–water partition coefficient (Wildman–Crippen LogP) is 4.20. The summed E-state index contributed by atoms with van der Waals surface area (Å²) in [6, 6.07) is 7.91. The second-order valence-corrected chi connectivity index (χ2v) is 10.6. The molecule has 6 nitrogen and oxygen atoms in total. The van der Waals surface area contributed by atoms with E-state index in [-0.39, 0.29) is 12.6 Å². The monoisotopic (exact) mass is 472 g/mol. The number of thiazole rings is 1. The third-order valence-corrected chi connectivity index (χ3v) is 8.43. The number of nitrogens with zero attached hydrogens (tertiary/aromatic N) is 3. The maximum Gasteiger partial charge on any atom is 0.149 e. The summed E-state index contributed by atoms with van der Waals surface area (Å²) in [4.78, 5) is 11.3. The molecule has 3 N–H and O–H groups in total. The Hall–Kier alpha value is -1.71. The fourth-order valence-electron chi connectivity index (χ4n) is 4.64. The van der Waals surface area contributed by atoms with Crippen molar-refractivity contribution in [2.24, 2.45) is 17.6 Å². The van der Waals surface area contributed by atoms with Gasteiger partial charge in [-0.1, -0.05) is 11.8 Å². The van der Waals surface area contributed by atoms with Gasteiger partial charge in [0, 0.05) is 54.7 Å². The number of hydrogen-bond donors (Lipinski definition) is 2. The first-order valence-electron chi connectivity index (χ1n) is 11.2. The van der Waals surface area contributed by atoms with Crippen LogP contribution in [-0.2, 0) is 0 Å². The highest BCUT2D eigenvalue weighted by atomic mass is 32.2. The van der Waals surface area contributed by atoms with Crippen LogP contribution >= 0.6 is 23.1 Å². The van der Waals surface area contributed by atoms with Crippen molar-refractivity contribution in [2.45, 2.75) is 29.6 Å². The molecule has 4 rings (SSSR count). The highest BCUT2D eigenvalue weighted by Crippen LogP contribution is 2.33. The number of benzene rings is 1. The van der Waals surface area contributed by atoms with Gasteiger partial charge in [-0.25, -0.2) is 4.98 Å². The number of pyridine rings is 1. The standard InChI is InChI=1S/C24H32N4O2S2/c1-30-19-3-5-23-21(14-19)20(6-8-26-23)22(25)4-2-17-7-10-28(15-18(17)16-29)11-13-32-24-27-9-12-31-24/h3,5-6,8-9,12,14,17-18,22,29H,2,4,7,10-11,13,15-16,25H2,1H3/t17-,18-,22?/m1/s1. The van der Waals surface area contributed by atoms with Crippen LogP contribution in [0.3, 0.4) is 0 Å². The number of aromatic nitrogens is 2. The van der Waals surface area contributed by atoms with Gasteiger partial charge in [0.1, 0.15) is 10.1 Å². The van der Waals surface area contributed by atoms with Crippen LogP contribution in [0.4, 0.5) is 0 Å². The highest BCUT2D eigenvalue weighted by molar-refractivity contribution is 8.01. The molecule has 1 unspecified atom stereocenters. The third kappa shape index (κ3) is 5.80. The summed E-state index contributed by atoms with van der Waals surface area (Å²) < 4.78 is 6.53. The molecule has 1 saturated heterocycles. The number of methoxy groups -OCH3 is 1. The van der Waals surface area contributed by atoms with Gasteiger partial charge in [0.2, 0.25) is 0 Å². The molecule has 32 heavy (non-hydrogen) atoms. The van der Waals surface area contributed by atoms with Crippen LogP contribution in [0, 0.1) is 11.8 Å². The number of hydrogen-bond acceptors (Lipinski definition) is 8. The molecule has 1 aliphatic heterocycles. The van der Waals surface area contributed by atoms with E-state index in [1.54, 1.807) is 18.4 Å². The second kappa shape index (κ2) is 11.4. The molecule has 3 aromatic rings. The minimum atomic E-state index is -0.0559. The van der Waals surface area contributed by atoms with Crippen LogP contribution in [0.25, 0.3) is 10.9 Å². The van der Waals surface area contributed by atoms with E-state index in [4.69, 9.17) is 10.5 Å². The fraction of sp³-hybridized carbons (Fsp3) is 0.500. The lowest BCUT2D eigenvalue weighted by Crippen LogP contribution is -2.43. The Bertz CT molecular complexity index is 985. The molecule has 0 amide bonds. The summed E-state index contributed by atoms with van der Waals surface area (Å²) in [7, 11) is 1.68. The van der Waals surface area contributed by atoms with Crippen molar-refractivity contribution >= 4 is 34.0 Å². The number of fused-ring (bicyclic) bond motifs is 1. The van der Waals surface area contributed by atoms with Gasteiger partial charge in [-0.15, -0.1) is 11.3 Å². The molecular weight excluding hydrogens is 440 g/mol. The van der Waals surface area contributed by atoms with Crippen LogP contribution in [0.5, 0.6) is 5.75 Å². The number of aliphatic hydroxyl groups excluding tert-OH is 1. The Balaban J connectivity index is 1.31. The van der Waals surface area contributed by atoms with Crippen LogP contribution < -0.4 is 10.5 Å². The molecule has 8 heteroatoms. The van der Waals surface area contributed by atoms with Crippen molar-refractivity contribution in [3.05, 3.63) is 47.6 Å². The van der Waals surface area contributed by atoms with Gasteiger partial charge in [-0.05, 0) is 67.5 Å². The molecule has 0 bridgehead atoms. The maximum absolute atomic E-state index is 10.0. The summed E-state index contributed by atoms with van der Waals surface area (Å²) in [5.41, 5.74) is 8.70. The lowest BCUT2D eigenvalue weighted by Gasteiger charge is -2.38. The highest BCUT2D eigenvalue weighted by Gasteiger charge is 2.29. The fourth-order valence-corrected chi connectivity index (χ4v) is 6.34. The average Bonchev–Trinajstić information content (AvgIpc) is 3.35. The van der Waals surface area contributed by atoms with E-state index < -0.39 is 0 Å². The van der Waals surface area contributed by atoms with Gasteiger partial charge >= 0.3 is 0 Å². The zero-order chi connectivity index (χ0) is 22.3. The summed E-state index contributed by atoms with van der Waals surface area (Å²) >= 11 is 3.51. The van der Waals surface area contributed by atoms with E-state index in [1.807, 2.05) is 53.8 Å².